The first-order valence-electron chi connectivity index (χ1n) is 10.8. The maximum atomic E-state index is 12.8. The van der Waals surface area contributed by atoms with Crippen molar-refractivity contribution >= 4 is 28.5 Å². The lowest BCUT2D eigenvalue weighted by atomic mass is 10.1. The molecular weight excluding hydrogens is 414 g/mol. The molecule has 7 heteroatoms. The Bertz CT molecular complexity index is 1300. The Morgan fingerprint density at radius 1 is 0.970 bits per heavy atom. The summed E-state index contributed by atoms with van der Waals surface area (Å²) in [6.07, 6.45) is 0. The third kappa shape index (κ3) is 4.92. The van der Waals surface area contributed by atoms with Crippen molar-refractivity contribution in [1.82, 2.24) is 19.9 Å². The van der Waals surface area contributed by atoms with Crippen LogP contribution in [0.25, 0.3) is 11.0 Å². The zero-order chi connectivity index (χ0) is 23.5. The predicted octanol–water partition coefficient (Wildman–Crippen LogP) is 4.12. The van der Waals surface area contributed by atoms with Crippen LogP contribution in [0.3, 0.4) is 0 Å². The van der Waals surface area contributed by atoms with E-state index in [0.29, 0.717) is 12.1 Å². The van der Waals surface area contributed by atoms with E-state index in [2.05, 4.69) is 15.6 Å². The Kier molecular flexibility index (Phi) is 6.22. The number of nitrogens with one attached hydrogen (secondary N) is 1. The Hall–Kier alpha value is -4.00. The molecule has 0 bridgehead atoms. The van der Waals surface area contributed by atoms with E-state index in [1.807, 2.05) is 74.0 Å². The topological polar surface area (TPSA) is 80.1 Å². The second-order valence-corrected chi connectivity index (χ2v) is 8.42. The standard InChI is InChI=1S/C26H27N5O2/c1-17-13-18(2)25(19(3)14-17)27-24(32)16-30(4)26(33)21-11-9-20(10-12-21)15-31-23-8-6-5-7-22(23)28-29-31/h5-14H,15-16H2,1-4H3,(H,27,32). The number of benzene rings is 3. The van der Waals surface area contributed by atoms with Crippen LogP contribution in [-0.4, -0.2) is 45.3 Å². The van der Waals surface area contributed by atoms with Crippen LogP contribution in [0.2, 0.25) is 0 Å². The van der Waals surface area contributed by atoms with E-state index in [1.165, 1.54) is 4.90 Å². The van der Waals surface area contributed by atoms with Gasteiger partial charge in [0.15, 0.2) is 0 Å². The van der Waals surface area contributed by atoms with Crippen LogP contribution in [0, 0.1) is 20.8 Å². The largest absolute Gasteiger partial charge is 0.332 e. The van der Waals surface area contributed by atoms with E-state index in [0.717, 1.165) is 39.0 Å². The summed E-state index contributed by atoms with van der Waals surface area (Å²) in [6.45, 7) is 6.49. The molecule has 0 saturated carbocycles. The van der Waals surface area contributed by atoms with Gasteiger partial charge >= 0.3 is 0 Å². The third-order valence-corrected chi connectivity index (χ3v) is 5.62. The molecule has 1 heterocycles. The van der Waals surface area contributed by atoms with Crippen molar-refractivity contribution in [2.45, 2.75) is 27.3 Å². The van der Waals surface area contributed by atoms with Gasteiger partial charge in [-0.2, -0.15) is 0 Å². The first-order valence-corrected chi connectivity index (χ1v) is 10.8. The molecule has 0 radical (unpaired) electrons. The summed E-state index contributed by atoms with van der Waals surface area (Å²) in [5, 5.41) is 11.3. The highest BCUT2D eigenvalue weighted by molar-refractivity contribution is 5.99. The number of carbonyl (C=O) groups is 2. The van der Waals surface area contributed by atoms with Crippen molar-refractivity contribution in [1.29, 1.82) is 0 Å². The fourth-order valence-electron chi connectivity index (χ4n) is 4.02. The van der Waals surface area contributed by atoms with Gasteiger partial charge in [0.05, 0.1) is 18.6 Å². The highest BCUT2D eigenvalue weighted by Gasteiger charge is 2.16. The number of hydrogen-bond donors (Lipinski definition) is 1. The number of hydrogen-bond acceptors (Lipinski definition) is 4. The van der Waals surface area contributed by atoms with Gasteiger partial charge in [-0.25, -0.2) is 4.68 Å². The summed E-state index contributed by atoms with van der Waals surface area (Å²) in [5.74, 6) is -0.434. The van der Waals surface area contributed by atoms with E-state index in [4.69, 9.17) is 0 Å². The van der Waals surface area contributed by atoms with Crippen LogP contribution in [0.4, 0.5) is 5.69 Å². The van der Waals surface area contributed by atoms with Gasteiger partial charge < -0.3 is 10.2 Å². The van der Waals surface area contributed by atoms with E-state index in [9.17, 15) is 9.59 Å². The van der Waals surface area contributed by atoms with Crippen LogP contribution in [0.1, 0.15) is 32.6 Å². The summed E-state index contributed by atoms with van der Waals surface area (Å²) in [7, 11) is 1.63. The maximum Gasteiger partial charge on any atom is 0.254 e. The van der Waals surface area contributed by atoms with Gasteiger partial charge in [-0.05, 0) is 61.7 Å². The van der Waals surface area contributed by atoms with Crippen molar-refractivity contribution in [3.63, 3.8) is 0 Å². The van der Waals surface area contributed by atoms with Gasteiger partial charge in [0.2, 0.25) is 5.91 Å². The number of anilines is 1. The van der Waals surface area contributed by atoms with Gasteiger partial charge in [-0.3, -0.25) is 9.59 Å². The fraction of sp³-hybridized carbons (Fsp3) is 0.231. The zero-order valence-corrected chi connectivity index (χ0v) is 19.3. The first-order chi connectivity index (χ1) is 15.8. The molecule has 4 rings (SSSR count). The highest BCUT2D eigenvalue weighted by atomic mass is 16.2. The van der Waals surface area contributed by atoms with Crippen molar-refractivity contribution < 1.29 is 9.59 Å². The van der Waals surface area contributed by atoms with Crippen molar-refractivity contribution in [3.8, 4) is 0 Å². The van der Waals surface area contributed by atoms with E-state index in [1.54, 1.807) is 19.2 Å². The van der Waals surface area contributed by atoms with Crippen LogP contribution < -0.4 is 5.32 Å². The van der Waals surface area contributed by atoms with Crippen LogP contribution in [-0.2, 0) is 11.3 Å². The van der Waals surface area contributed by atoms with Crippen LogP contribution >= 0.6 is 0 Å². The van der Waals surface area contributed by atoms with Gasteiger partial charge in [0.25, 0.3) is 5.91 Å². The third-order valence-electron chi connectivity index (χ3n) is 5.62. The minimum atomic E-state index is -0.226. The molecule has 0 saturated heterocycles. The molecule has 4 aromatic rings. The van der Waals surface area contributed by atoms with Crippen molar-refractivity contribution in [2.75, 3.05) is 18.9 Å². The molecule has 0 atom stereocenters. The Morgan fingerprint density at radius 2 is 1.64 bits per heavy atom. The lowest BCUT2D eigenvalue weighted by molar-refractivity contribution is -0.116. The molecule has 168 valence electrons. The molecule has 0 aliphatic heterocycles. The number of carbonyl (C=O) groups excluding carboxylic acids is 2. The SMILES string of the molecule is Cc1cc(C)c(NC(=O)CN(C)C(=O)c2ccc(Cn3nnc4ccccc43)cc2)c(C)c1. The van der Waals surface area contributed by atoms with Gasteiger partial charge in [0, 0.05) is 18.3 Å². The minimum Gasteiger partial charge on any atom is -0.332 e. The number of para-hydroxylation sites is 1. The van der Waals surface area contributed by atoms with Crippen LogP contribution in [0.5, 0.6) is 0 Å². The Labute approximate surface area is 193 Å². The molecule has 0 spiro atoms. The molecule has 1 aromatic heterocycles. The molecule has 2 amide bonds. The monoisotopic (exact) mass is 441 g/mol. The number of amides is 2. The second kappa shape index (κ2) is 9.24. The second-order valence-electron chi connectivity index (χ2n) is 8.42. The smallest absolute Gasteiger partial charge is 0.254 e. The van der Waals surface area contributed by atoms with E-state index >= 15 is 0 Å². The average Bonchev–Trinajstić information content (AvgIpc) is 3.19. The Balaban J connectivity index is 1.39. The summed E-state index contributed by atoms with van der Waals surface area (Å²) < 4.78 is 1.83. The highest BCUT2D eigenvalue weighted by Crippen LogP contribution is 2.22. The molecule has 0 fully saturated rings. The molecule has 1 N–H and O–H groups in total. The predicted molar refractivity (Wildman–Crippen MR) is 129 cm³/mol. The van der Waals surface area contributed by atoms with Crippen molar-refractivity contribution in [3.05, 3.63) is 88.5 Å². The molecule has 33 heavy (non-hydrogen) atoms. The number of likely N-dealkylation sites (N-methyl/N-ethyl adjacent to an activating group) is 1. The summed E-state index contributed by atoms with van der Waals surface area (Å²) in [6, 6.07) is 19.2. The van der Waals surface area contributed by atoms with E-state index < -0.39 is 0 Å². The molecule has 0 unspecified atom stereocenters. The average molecular weight is 442 g/mol. The summed E-state index contributed by atoms with van der Waals surface area (Å²) in [5.41, 5.74) is 7.30. The Morgan fingerprint density at radius 3 is 2.33 bits per heavy atom. The molecule has 0 aliphatic rings. The normalized spacial score (nSPS) is 10.9. The minimum absolute atomic E-state index is 0.0295. The number of nitrogens with zero attached hydrogens (tertiary/aromatic N) is 4. The lowest BCUT2D eigenvalue weighted by Crippen LogP contribution is -2.35. The zero-order valence-electron chi connectivity index (χ0n) is 19.3. The fourth-order valence-corrected chi connectivity index (χ4v) is 4.02. The number of aromatic nitrogens is 3. The summed E-state index contributed by atoms with van der Waals surface area (Å²) >= 11 is 0. The van der Waals surface area contributed by atoms with E-state index in [-0.39, 0.29) is 18.4 Å². The van der Waals surface area contributed by atoms with Gasteiger partial charge in [0.1, 0.15) is 5.52 Å². The van der Waals surface area contributed by atoms with Gasteiger partial charge in [-0.15, -0.1) is 5.10 Å². The maximum absolute atomic E-state index is 12.8. The van der Waals surface area contributed by atoms with Gasteiger partial charge in [-0.1, -0.05) is 47.2 Å². The number of aryl methyl sites for hydroxylation is 3. The summed E-state index contributed by atoms with van der Waals surface area (Å²) in [4.78, 5) is 26.8. The van der Waals surface area contributed by atoms with Crippen LogP contribution in [0.15, 0.2) is 60.7 Å². The first kappa shape index (κ1) is 22.2. The quantitative estimate of drug-likeness (QED) is 0.488. The molecule has 0 aliphatic carbocycles. The number of fused-ring (bicyclic) bond motifs is 1. The van der Waals surface area contributed by atoms with Crippen molar-refractivity contribution in [2.24, 2.45) is 0 Å². The number of rotatable bonds is 6. The molecule has 3 aromatic carbocycles. The molecule has 7 nitrogen and oxygen atoms in total. The molecular formula is C26H27N5O2. The lowest BCUT2D eigenvalue weighted by Gasteiger charge is -2.18.